The molecule has 0 bridgehead atoms. The molecule has 2 N–H and O–H groups in total. The molecule has 4 heteroatoms. The van der Waals surface area contributed by atoms with Crippen molar-refractivity contribution in [1.29, 1.82) is 0 Å². The SMILES string of the molecule is CCc1ccc2c(c1)NC(=O)CC2CC(=O)O. The number of aliphatic carboxylic acids is 1. The van der Waals surface area contributed by atoms with Crippen LogP contribution in [-0.4, -0.2) is 17.0 Å². The molecule has 0 saturated carbocycles. The van der Waals surface area contributed by atoms with Crippen molar-refractivity contribution in [2.75, 3.05) is 5.32 Å². The predicted molar refractivity (Wildman–Crippen MR) is 64.1 cm³/mol. The van der Waals surface area contributed by atoms with Crippen molar-refractivity contribution in [1.82, 2.24) is 0 Å². The van der Waals surface area contributed by atoms with E-state index in [-0.39, 0.29) is 24.7 Å². The second-order valence-corrected chi connectivity index (χ2v) is 4.32. The average molecular weight is 233 g/mol. The van der Waals surface area contributed by atoms with Gasteiger partial charge in [-0.25, -0.2) is 0 Å². The highest BCUT2D eigenvalue weighted by molar-refractivity contribution is 5.95. The second-order valence-electron chi connectivity index (χ2n) is 4.32. The number of carbonyl (C=O) groups is 2. The van der Waals surface area contributed by atoms with Gasteiger partial charge < -0.3 is 10.4 Å². The summed E-state index contributed by atoms with van der Waals surface area (Å²) in [7, 11) is 0. The normalized spacial score (nSPS) is 18.4. The first kappa shape index (κ1) is 11.6. The van der Waals surface area contributed by atoms with Crippen LogP contribution >= 0.6 is 0 Å². The third kappa shape index (κ3) is 2.46. The molecule has 1 amide bonds. The lowest BCUT2D eigenvalue weighted by molar-refractivity contribution is -0.137. The number of nitrogens with one attached hydrogen (secondary N) is 1. The third-order valence-corrected chi connectivity index (χ3v) is 3.09. The number of hydrogen-bond acceptors (Lipinski definition) is 2. The van der Waals surface area contributed by atoms with Gasteiger partial charge in [0.2, 0.25) is 5.91 Å². The van der Waals surface area contributed by atoms with E-state index in [1.165, 1.54) is 0 Å². The molecule has 1 unspecified atom stereocenters. The summed E-state index contributed by atoms with van der Waals surface area (Å²) in [5.74, 6) is -1.17. The monoisotopic (exact) mass is 233 g/mol. The first-order valence-electron chi connectivity index (χ1n) is 5.74. The van der Waals surface area contributed by atoms with Gasteiger partial charge in [-0.05, 0) is 23.6 Å². The van der Waals surface area contributed by atoms with E-state index in [1.807, 2.05) is 25.1 Å². The van der Waals surface area contributed by atoms with Crippen LogP contribution in [-0.2, 0) is 16.0 Å². The average Bonchev–Trinajstić information content (AvgIpc) is 2.27. The maximum absolute atomic E-state index is 11.5. The van der Waals surface area contributed by atoms with Gasteiger partial charge in [0.1, 0.15) is 0 Å². The van der Waals surface area contributed by atoms with E-state index < -0.39 is 5.97 Å². The Morgan fingerprint density at radius 1 is 1.53 bits per heavy atom. The topological polar surface area (TPSA) is 66.4 Å². The van der Waals surface area contributed by atoms with Gasteiger partial charge in [-0.3, -0.25) is 9.59 Å². The van der Waals surface area contributed by atoms with E-state index in [1.54, 1.807) is 0 Å². The lowest BCUT2D eigenvalue weighted by Gasteiger charge is -2.25. The van der Waals surface area contributed by atoms with Crippen molar-refractivity contribution in [2.24, 2.45) is 0 Å². The van der Waals surface area contributed by atoms with Crippen molar-refractivity contribution < 1.29 is 14.7 Å². The maximum Gasteiger partial charge on any atom is 0.303 e. The van der Waals surface area contributed by atoms with Gasteiger partial charge in [-0.1, -0.05) is 19.1 Å². The van der Waals surface area contributed by atoms with Gasteiger partial charge in [0.05, 0.1) is 6.42 Å². The Hall–Kier alpha value is -1.84. The highest BCUT2D eigenvalue weighted by atomic mass is 16.4. The van der Waals surface area contributed by atoms with Crippen LogP contribution in [0.3, 0.4) is 0 Å². The number of hydrogen-bond donors (Lipinski definition) is 2. The number of rotatable bonds is 3. The summed E-state index contributed by atoms with van der Waals surface area (Å²) >= 11 is 0. The van der Waals surface area contributed by atoms with Crippen LogP contribution in [0, 0.1) is 0 Å². The molecule has 1 aromatic rings. The Kier molecular flexibility index (Phi) is 3.13. The molecular weight excluding hydrogens is 218 g/mol. The van der Waals surface area contributed by atoms with Gasteiger partial charge in [-0.15, -0.1) is 0 Å². The fourth-order valence-electron chi connectivity index (χ4n) is 2.22. The molecule has 17 heavy (non-hydrogen) atoms. The summed E-state index contributed by atoms with van der Waals surface area (Å²) in [6.45, 7) is 2.04. The van der Waals surface area contributed by atoms with E-state index in [9.17, 15) is 9.59 Å². The molecule has 1 aliphatic heterocycles. The molecule has 2 rings (SSSR count). The summed E-state index contributed by atoms with van der Waals surface area (Å²) in [5, 5.41) is 11.7. The van der Waals surface area contributed by atoms with Crippen LogP contribution in [0.25, 0.3) is 0 Å². The Morgan fingerprint density at radius 2 is 2.29 bits per heavy atom. The Bertz CT molecular complexity index is 468. The minimum Gasteiger partial charge on any atom is -0.481 e. The lowest BCUT2D eigenvalue weighted by atomic mass is 9.87. The molecule has 0 aromatic heterocycles. The number of carboxylic acid groups (broad SMARTS) is 1. The number of amides is 1. The van der Waals surface area contributed by atoms with Gasteiger partial charge in [0.15, 0.2) is 0 Å². The van der Waals surface area contributed by atoms with Crippen LogP contribution in [0.2, 0.25) is 0 Å². The molecule has 1 atom stereocenters. The van der Waals surface area contributed by atoms with Crippen molar-refractivity contribution in [3.05, 3.63) is 29.3 Å². The summed E-state index contributed by atoms with van der Waals surface area (Å²) in [6.07, 6.45) is 1.16. The van der Waals surface area contributed by atoms with Gasteiger partial charge in [0.25, 0.3) is 0 Å². The highest BCUT2D eigenvalue weighted by Gasteiger charge is 2.26. The van der Waals surface area contributed by atoms with Gasteiger partial charge >= 0.3 is 5.97 Å². The number of anilines is 1. The molecule has 0 aliphatic carbocycles. The standard InChI is InChI=1S/C13H15NO3/c1-2-8-3-4-10-9(7-13(16)17)6-12(15)14-11(10)5-8/h3-5,9H,2,6-7H2,1H3,(H,14,15)(H,16,17). The van der Waals surface area contributed by atoms with E-state index in [0.29, 0.717) is 0 Å². The van der Waals surface area contributed by atoms with E-state index in [0.717, 1.165) is 23.2 Å². The zero-order chi connectivity index (χ0) is 12.4. The van der Waals surface area contributed by atoms with Crippen molar-refractivity contribution in [3.8, 4) is 0 Å². The molecule has 1 aliphatic rings. The second kappa shape index (κ2) is 4.57. The summed E-state index contributed by atoms with van der Waals surface area (Å²) in [4.78, 5) is 22.3. The minimum absolute atomic E-state index is 0.00584. The first-order chi connectivity index (χ1) is 8.10. The summed E-state index contributed by atoms with van der Waals surface area (Å²) in [6, 6.07) is 5.85. The van der Waals surface area contributed by atoms with E-state index >= 15 is 0 Å². The molecule has 4 nitrogen and oxygen atoms in total. The Morgan fingerprint density at radius 3 is 2.94 bits per heavy atom. The largest absolute Gasteiger partial charge is 0.481 e. The number of fused-ring (bicyclic) bond motifs is 1. The van der Waals surface area contributed by atoms with Gasteiger partial charge in [-0.2, -0.15) is 0 Å². The highest BCUT2D eigenvalue weighted by Crippen LogP contribution is 2.35. The molecule has 0 fully saturated rings. The van der Waals surface area contributed by atoms with Crippen molar-refractivity contribution >= 4 is 17.6 Å². The molecule has 90 valence electrons. The zero-order valence-electron chi connectivity index (χ0n) is 9.69. The van der Waals surface area contributed by atoms with Crippen LogP contribution in [0.4, 0.5) is 5.69 Å². The Balaban J connectivity index is 2.36. The summed E-state index contributed by atoms with van der Waals surface area (Å²) < 4.78 is 0. The molecule has 1 heterocycles. The number of carboxylic acids is 1. The number of benzene rings is 1. The Labute approximate surface area is 99.6 Å². The van der Waals surface area contributed by atoms with Crippen molar-refractivity contribution in [3.63, 3.8) is 0 Å². The predicted octanol–water partition coefficient (Wildman–Crippen LogP) is 2.15. The van der Waals surface area contributed by atoms with E-state index in [2.05, 4.69) is 5.32 Å². The molecule has 1 aromatic carbocycles. The van der Waals surface area contributed by atoms with Crippen LogP contribution < -0.4 is 5.32 Å². The zero-order valence-corrected chi connectivity index (χ0v) is 9.69. The minimum atomic E-state index is -0.866. The summed E-state index contributed by atoms with van der Waals surface area (Å²) in [5.41, 5.74) is 2.84. The molecule has 0 spiro atoms. The molecular formula is C13H15NO3. The van der Waals surface area contributed by atoms with Crippen LogP contribution in [0.5, 0.6) is 0 Å². The molecule has 0 radical (unpaired) electrons. The fraction of sp³-hybridized carbons (Fsp3) is 0.385. The van der Waals surface area contributed by atoms with E-state index in [4.69, 9.17) is 5.11 Å². The maximum atomic E-state index is 11.5. The lowest BCUT2D eigenvalue weighted by Crippen LogP contribution is -2.24. The molecule has 0 saturated heterocycles. The van der Waals surface area contributed by atoms with Crippen molar-refractivity contribution in [2.45, 2.75) is 32.1 Å². The fourth-order valence-corrected chi connectivity index (χ4v) is 2.22. The number of carbonyl (C=O) groups excluding carboxylic acids is 1. The quantitative estimate of drug-likeness (QED) is 0.840. The first-order valence-corrected chi connectivity index (χ1v) is 5.74. The third-order valence-electron chi connectivity index (χ3n) is 3.09. The van der Waals surface area contributed by atoms with Crippen LogP contribution in [0.1, 0.15) is 36.8 Å². The van der Waals surface area contributed by atoms with Gasteiger partial charge in [0, 0.05) is 18.0 Å². The van der Waals surface area contributed by atoms with Crippen LogP contribution in [0.15, 0.2) is 18.2 Å². The smallest absolute Gasteiger partial charge is 0.303 e. The number of aryl methyl sites for hydroxylation is 1.